The summed E-state index contributed by atoms with van der Waals surface area (Å²) >= 11 is 0. The highest BCUT2D eigenvalue weighted by Crippen LogP contribution is 2.34. The van der Waals surface area contributed by atoms with Crippen LogP contribution in [-0.2, 0) is 16.6 Å². The topological polar surface area (TPSA) is 99.2 Å². The smallest absolute Gasteiger partial charge is 0.331 e. The van der Waals surface area contributed by atoms with Crippen LogP contribution >= 0.6 is 0 Å². The third kappa shape index (κ3) is 5.90. The van der Waals surface area contributed by atoms with Crippen LogP contribution in [0.3, 0.4) is 0 Å². The SMILES string of the molecule is COc1cc(C(=O)N2CCN(C(=O)Nc3ccccc3)CC2(Cc2ccccc2)C(=O)O)ccc1C(C)(C)C. The molecule has 0 radical (unpaired) electrons. The van der Waals surface area contributed by atoms with Crippen LogP contribution in [0, 0.1) is 0 Å². The number of urea groups is 1. The van der Waals surface area contributed by atoms with Gasteiger partial charge in [0, 0.05) is 30.8 Å². The molecule has 39 heavy (non-hydrogen) atoms. The average molecular weight is 530 g/mol. The predicted molar refractivity (Wildman–Crippen MR) is 150 cm³/mol. The summed E-state index contributed by atoms with van der Waals surface area (Å²) in [5, 5.41) is 13.5. The monoisotopic (exact) mass is 529 g/mol. The number of carbonyl (C=O) groups excluding carboxylic acids is 2. The molecule has 8 nitrogen and oxygen atoms in total. The highest BCUT2D eigenvalue weighted by atomic mass is 16.5. The lowest BCUT2D eigenvalue weighted by Gasteiger charge is -2.48. The Labute approximate surface area is 229 Å². The number of methoxy groups -OCH3 is 1. The van der Waals surface area contributed by atoms with Crippen molar-refractivity contribution in [2.45, 2.75) is 38.1 Å². The number of ether oxygens (including phenoxy) is 1. The zero-order valence-electron chi connectivity index (χ0n) is 22.8. The van der Waals surface area contributed by atoms with E-state index in [9.17, 15) is 19.5 Å². The summed E-state index contributed by atoms with van der Waals surface area (Å²) < 4.78 is 5.60. The van der Waals surface area contributed by atoms with Crippen molar-refractivity contribution < 1.29 is 24.2 Å². The molecule has 1 aliphatic rings. The van der Waals surface area contributed by atoms with E-state index >= 15 is 0 Å². The second kappa shape index (κ2) is 11.2. The summed E-state index contributed by atoms with van der Waals surface area (Å²) in [6, 6.07) is 23.0. The molecule has 4 rings (SSSR count). The summed E-state index contributed by atoms with van der Waals surface area (Å²) in [7, 11) is 1.56. The maximum atomic E-state index is 14.0. The minimum absolute atomic E-state index is 0.0429. The van der Waals surface area contributed by atoms with Gasteiger partial charge < -0.3 is 25.0 Å². The normalized spacial score (nSPS) is 17.4. The molecular weight excluding hydrogens is 494 g/mol. The van der Waals surface area contributed by atoms with E-state index in [1.54, 1.807) is 31.4 Å². The number of carboxylic acid groups (broad SMARTS) is 1. The van der Waals surface area contributed by atoms with Gasteiger partial charge in [-0.05, 0) is 40.8 Å². The lowest BCUT2D eigenvalue weighted by Crippen LogP contribution is -2.69. The Kier molecular flexibility index (Phi) is 7.95. The fourth-order valence-electron chi connectivity index (χ4n) is 5.05. The second-order valence-corrected chi connectivity index (χ2v) is 10.8. The molecule has 204 valence electrons. The van der Waals surface area contributed by atoms with E-state index in [1.165, 1.54) is 9.80 Å². The van der Waals surface area contributed by atoms with E-state index < -0.39 is 23.4 Å². The van der Waals surface area contributed by atoms with Crippen molar-refractivity contribution in [3.63, 3.8) is 0 Å². The van der Waals surface area contributed by atoms with Crippen LogP contribution in [0.4, 0.5) is 10.5 Å². The first-order valence-corrected chi connectivity index (χ1v) is 12.9. The van der Waals surface area contributed by atoms with Crippen LogP contribution in [0.25, 0.3) is 0 Å². The number of rotatable bonds is 6. The van der Waals surface area contributed by atoms with Crippen LogP contribution in [-0.4, -0.2) is 65.1 Å². The number of carboxylic acids is 1. The molecule has 3 aromatic rings. The largest absolute Gasteiger partial charge is 0.496 e. The molecular formula is C31H35N3O5. The Balaban J connectivity index is 1.71. The van der Waals surface area contributed by atoms with E-state index in [0.717, 1.165) is 11.1 Å². The van der Waals surface area contributed by atoms with Gasteiger partial charge in [0.1, 0.15) is 5.75 Å². The number of aliphatic carboxylic acids is 1. The van der Waals surface area contributed by atoms with Crippen LogP contribution in [0.2, 0.25) is 0 Å². The molecule has 1 heterocycles. The van der Waals surface area contributed by atoms with Crippen molar-refractivity contribution in [1.82, 2.24) is 9.80 Å². The minimum atomic E-state index is -1.68. The number of para-hydroxylation sites is 1. The summed E-state index contributed by atoms with van der Waals surface area (Å²) in [5.74, 6) is -1.02. The van der Waals surface area contributed by atoms with Crippen LogP contribution in [0.15, 0.2) is 78.9 Å². The lowest BCUT2D eigenvalue weighted by atomic mass is 9.84. The van der Waals surface area contributed by atoms with Crippen molar-refractivity contribution in [2.75, 3.05) is 32.1 Å². The van der Waals surface area contributed by atoms with Gasteiger partial charge in [0.15, 0.2) is 5.54 Å². The predicted octanol–water partition coefficient (Wildman–Crippen LogP) is 5.05. The molecule has 3 amide bonds. The molecule has 0 bridgehead atoms. The highest BCUT2D eigenvalue weighted by Gasteiger charge is 2.51. The summed E-state index contributed by atoms with van der Waals surface area (Å²) in [6.07, 6.45) is 0.0429. The minimum Gasteiger partial charge on any atom is -0.496 e. The van der Waals surface area contributed by atoms with E-state index in [4.69, 9.17) is 4.74 Å². The van der Waals surface area contributed by atoms with Crippen molar-refractivity contribution in [1.29, 1.82) is 0 Å². The number of carbonyl (C=O) groups is 3. The van der Waals surface area contributed by atoms with Crippen molar-refractivity contribution >= 4 is 23.6 Å². The molecule has 1 atom stereocenters. The molecule has 3 aromatic carbocycles. The van der Waals surface area contributed by atoms with Crippen molar-refractivity contribution in [2.24, 2.45) is 0 Å². The Hall–Kier alpha value is -4.33. The van der Waals surface area contributed by atoms with Gasteiger partial charge in [0.2, 0.25) is 0 Å². The van der Waals surface area contributed by atoms with Gasteiger partial charge in [-0.2, -0.15) is 0 Å². The number of anilines is 1. The summed E-state index contributed by atoms with van der Waals surface area (Å²) in [5.41, 5.74) is 0.752. The third-order valence-corrected chi connectivity index (χ3v) is 7.11. The number of nitrogens with one attached hydrogen (secondary N) is 1. The first-order chi connectivity index (χ1) is 18.5. The quantitative estimate of drug-likeness (QED) is 0.466. The lowest BCUT2D eigenvalue weighted by molar-refractivity contribution is -0.153. The van der Waals surface area contributed by atoms with Crippen molar-refractivity contribution in [3.8, 4) is 5.75 Å². The zero-order valence-corrected chi connectivity index (χ0v) is 22.8. The molecule has 8 heteroatoms. The van der Waals surface area contributed by atoms with Crippen LogP contribution in [0.1, 0.15) is 42.3 Å². The first-order valence-electron chi connectivity index (χ1n) is 12.9. The number of hydrogen-bond acceptors (Lipinski definition) is 4. The van der Waals surface area contributed by atoms with Crippen LogP contribution in [0.5, 0.6) is 5.75 Å². The average Bonchev–Trinajstić information content (AvgIpc) is 2.92. The first kappa shape index (κ1) is 27.7. The molecule has 1 unspecified atom stereocenters. The number of hydrogen-bond donors (Lipinski definition) is 2. The van der Waals surface area contributed by atoms with Gasteiger partial charge in [0.05, 0.1) is 13.7 Å². The summed E-state index contributed by atoms with van der Waals surface area (Å²) in [4.78, 5) is 43.1. The zero-order chi connectivity index (χ0) is 28.2. The molecule has 1 aliphatic heterocycles. The number of benzene rings is 3. The molecule has 0 spiro atoms. The molecule has 1 fully saturated rings. The molecule has 0 aliphatic carbocycles. The van der Waals surface area contributed by atoms with Crippen LogP contribution < -0.4 is 10.1 Å². The fourth-order valence-corrected chi connectivity index (χ4v) is 5.05. The van der Waals surface area contributed by atoms with E-state index in [0.29, 0.717) is 17.0 Å². The summed E-state index contributed by atoms with van der Waals surface area (Å²) in [6.45, 7) is 6.25. The molecule has 2 N–H and O–H groups in total. The Morgan fingerprint density at radius 3 is 2.18 bits per heavy atom. The Bertz CT molecular complexity index is 1340. The van der Waals surface area contributed by atoms with Gasteiger partial charge in [-0.3, -0.25) is 4.79 Å². The fraction of sp³-hybridized carbons (Fsp3) is 0.323. The Morgan fingerprint density at radius 1 is 0.949 bits per heavy atom. The van der Waals surface area contributed by atoms with Gasteiger partial charge >= 0.3 is 12.0 Å². The highest BCUT2D eigenvalue weighted by molar-refractivity contribution is 5.99. The van der Waals surface area contributed by atoms with E-state index in [-0.39, 0.29) is 31.5 Å². The maximum Gasteiger partial charge on any atom is 0.331 e. The standard InChI is InChI=1S/C31H35N3O5/c1-30(2,3)25-16-15-23(19-26(25)39-4)27(35)34-18-17-33(29(38)32-24-13-9-6-10-14-24)21-31(34,28(36)37)20-22-11-7-5-8-12-22/h5-16,19H,17-18,20-21H2,1-4H3,(H,32,38)(H,36,37). The van der Waals surface area contributed by atoms with Gasteiger partial charge in [-0.1, -0.05) is 75.4 Å². The van der Waals surface area contributed by atoms with Crippen molar-refractivity contribution in [3.05, 3.63) is 95.6 Å². The maximum absolute atomic E-state index is 14.0. The van der Waals surface area contributed by atoms with Gasteiger partial charge in [-0.15, -0.1) is 0 Å². The van der Waals surface area contributed by atoms with Gasteiger partial charge in [-0.25, -0.2) is 9.59 Å². The number of piperazine rings is 1. The molecule has 1 saturated heterocycles. The van der Waals surface area contributed by atoms with Gasteiger partial charge in [0.25, 0.3) is 5.91 Å². The second-order valence-electron chi connectivity index (χ2n) is 10.8. The molecule has 0 saturated carbocycles. The Morgan fingerprint density at radius 2 is 1.59 bits per heavy atom. The van der Waals surface area contributed by atoms with E-state index in [1.807, 2.05) is 54.6 Å². The van der Waals surface area contributed by atoms with E-state index in [2.05, 4.69) is 26.1 Å². The third-order valence-electron chi connectivity index (χ3n) is 7.11. The molecule has 0 aromatic heterocycles. The number of amides is 3. The number of nitrogens with zero attached hydrogens (tertiary/aromatic N) is 2.